The molecular weight excluding hydrogens is 480 g/mol. The van der Waals surface area contributed by atoms with Crippen LogP contribution in [0.5, 0.6) is 0 Å². The summed E-state index contributed by atoms with van der Waals surface area (Å²) in [6.45, 7) is 4.74. The maximum Gasteiger partial charge on any atom is 0.243 e. The fourth-order valence-corrected chi connectivity index (χ4v) is 8.79. The van der Waals surface area contributed by atoms with Crippen LogP contribution in [-0.2, 0) is 9.59 Å². The number of nitrogens with one attached hydrogen (secondary N) is 2. The fourth-order valence-electron chi connectivity index (χ4n) is 8.67. The Morgan fingerprint density at radius 2 is 1.68 bits per heavy atom. The molecule has 1 heterocycles. The van der Waals surface area contributed by atoms with Crippen molar-refractivity contribution in [3.63, 3.8) is 0 Å². The van der Waals surface area contributed by atoms with Crippen LogP contribution in [0.1, 0.15) is 69.5 Å². The van der Waals surface area contributed by atoms with E-state index in [1.165, 1.54) is 0 Å². The van der Waals surface area contributed by atoms with Gasteiger partial charge in [-0.3, -0.25) is 9.59 Å². The first-order chi connectivity index (χ1) is 17.8. The highest BCUT2D eigenvalue weighted by Gasteiger charge is 2.61. The number of rotatable bonds is 4. The first-order valence-corrected chi connectivity index (χ1v) is 14.3. The van der Waals surface area contributed by atoms with Gasteiger partial charge in [0.15, 0.2) is 0 Å². The molecule has 3 aliphatic carbocycles. The predicted molar refractivity (Wildman–Crippen MR) is 147 cm³/mol. The summed E-state index contributed by atoms with van der Waals surface area (Å²) in [6.07, 6.45) is 10.4. The van der Waals surface area contributed by atoms with Crippen molar-refractivity contribution < 1.29 is 9.59 Å². The average Bonchev–Trinajstić information content (AvgIpc) is 3.26. The molecule has 2 N–H and O–H groups in total. The second-order valence-electron chi connectivity index (χ2n) is 12.3. The van der Waals surface area contributed by atoms with Crippen LogP contribution in [0.15, 0.2) is 66.7 Å². The maximum absolute atomic E-state index is 14.0. The largest absolute Gasteiger partial charge is 0.349 e. The molecule has 3 saturated carbocycles. The van der Waals surface area contributed by atoms with E-state index in [0.717, 1.165) is 49.7 Å². The van der Waals surface area contributed by atoms with Crippen LogP contribution in [0.2, 0.25) is 5.02 Å². The van der Waals surface area contributed by atoms with Crippen molar-refractivity contribution in [1.82, 2.24) is 10.6 Å². The molecule has 37 heavy (non-hydrogen) atoms. The monoisotopic (exact) mass is 516 g/mol. The van der Waals surface area contributed by atoms with Crippen molar-refractivity contribution in [2.45, 2.75) is 64.5 Å². The molecule has 2 aromatic carbocycles. The van der Waals surface area contributed by atoms with Gasteiger partial charge in [-0.05, 0) is 91.0 Å². The standard InChI is InChI=1S/C32H37ClN2O2/c1-31-18-16-25-23(12-15-27-32(25,2)19-17-28(36)34-27)24(31)13-14-26(31)30(37)35-29(20-6-4-3-5-7-20)21-8-10-22(33)11-9-21/h3-11,17,19,23-27,29H,12-16,18H2,1-2H3,(H,34,36)(H,35,37)/t23-,24-,25-,26+,27+,29?,31-,32+/m0/s1. The Balaban J connectivity index is 1.24. The lowest BCUT2D eigenvalue weighted by Crippen LogP contribution is -2.59. The molecule has 2 amide bonds. The smallest absolute Gasteiger partial charge is 0.243 e. The van der Waals surface area contributed by atoms with Gasteiger partial charge in [-0.25, -0.2) is 0 Å². The van der Waals surface area contributed by atoms with Gasteiger partial charge in [0.1, 0.15) is 0 Å². The number of benzene rings is 2. The van der Waals surface area contributed by atoms with E-state index in [9.17, 15) is 9.59 Å². The number of hydrogen-bond donors (Lipinski definition) is 2. The first-order valence-electron chi connectivity index (χ1n) is 13.9. The zero-order valence-electron chi connectivity index (χ0n) is 21.8. The summed E-state index contributed by atoms with van der Waals surface area (Å²) in [7, 11) is 0. The van der Waals surface area contributed by atoms with Gasteiger partial charge >= 0.3 is 0 Å². The Hall–Kier alpha value is -2.59. The number of amides is 2. The minimum absolute atomic E-state index is 0.0112. The van der Waals surface area contributed by atoms with E-state index in [1.807, 2.05) is 42.5 Å². The molecule has 4 aliphatic rings. The zero-order chi connectivity index (χ0) is 25.8. The molecule has 0 radical (unpaired) electrons. The second kappa shape index (κ2) is 9.31. The molecule has 1 aliphatic heterocycles. The van der Waals surface area contributed by atoms with Gasteiger partial charge in [0.25, 0.3) is 0 Å². The topological polar surface area (TPSA) is 58.2 Å². The Morgan fingerprint density at radius 1 is 0.946 bits per heavy atom. The predicted octanol–water partition coefficient (Wildman–Crippen LogP) is 6.46. The number of carbonyl (C=O) groups excluding carboxylic acids is 2. The van der Waals surface area contributed by atoms with Crippen molar-refractivity contribution in [2.75, 3.05) is 0 Å². The molecule has 4 nitrogen and oxygen atoms in total. The van der Waals surface area contributed by atoms with Crippen molar-refractivity contribution in [1.29, 1.82) is 0 Å². The molecule has 1 unspecified atom stereocenters. The van der Waals surface area contributed by atoms with Gasteiger partial charge in [0, 0.05) is 22.4 Å². The van der Waals surface area contributed by atoms with E-state index in [4.69, 9.17) is 11.6 Å². The van der Waals surface area contributed by atoms with E-state index in [1.54, 1.807) is 6.08 Å². The van der Waals surface area contributed by atoms with Gasteiger partial charge < -0.3 is 10.6 Å². The van der Waals surface area contributed by atoms with Gasteiger partial charge in [-0.1, -0.05) is 74.0 Å². The van der Waals surface area contributed by atoms with Gasteiger partial charge in [0.05, 0.1) is 6.04 Å². The lowest BCUT2D eigenvalue weighted by molar-refractivity contribution is -0.134. The molecule has 0 bridgehead atoms. The Morgan fingerprint density at radius 3 is 2.43 bits per heavy atom. The zero-order valence-corrected chi connectivity index (χ0v) is 22.5. The third-order valence-electron chi connectivity index (χ3n) is 10.6. The molecule has 3 fully saturated rings. The molecule has 0 aromatic heterocycles. The molecule has 5 heteroatoms. The second-order valence-corrected chi connectivity index (χ2v) is 12.7. The van der Waals surface area contributed by atoms with E-state index >= 15 is 0 Å². The molecule has 2 aromatic rings. The lowest BCUT2D eigenvalue weighted by Gasteiger charge is -2.58. The first kappa shape index (κ1) is 24.7. The van der Waals surface area contributed by atoms with Crippen molar-refractivity contribution in [3.8, 4) is 0 Å². The molecular formula is C32H37ClN2O2. The Labute approximate surface area is 225 Å². The van der Waals surface area contributed by atoms with E-state index in [0.29, 0.717) is 22.8 Å². The third kappa shape index (κ3) is 4.12. The summed E-state index contributed by atoms with van der Waals surface area (Å²) in [4.78, 5) is 26.1. The van der Waals surface area contributed by atoms with E-state index in [-0.39, 0.29) is 40.6 Å². The van der Waals surface area contributed by atoms with Crippen molar-refractivity contribution in [2.24, 2.45) is 34.5 Å². The summed E-state index contributed by atoms with van der Waals surface area (Å²) in [5.74, 6) is 1.97. The Kier molecular flexibility index (Phi) is 6.22. The molecule has 8 atom stereocenters. The summed E-state index contributed by atoms with van der Waals surface area (Å²) in [5, 5.41) is 7.40. The van der Waals surface area contributed by atoms with Crippen molar-refractivity contribution in [3.05, 3.63) is 82.9 Å². The van der Waals surface area contributed by atoms with Gasteiger partial charge in [-0.2, -0.15) is 0 Å². The highest BCUT2D eigenvalue weighted by Crippen LogP contribution is 2.65. The van der Waals surface area contributed by atoms with Crippen LogP contribution in [0, 0.1) is 34.5 Å². The average molecular weight is 517 g/mol. The van der Waals surface area contributed by atoms with Crippen LogP contribution in [0.25, 0.3) is 0 Å². The highest BCUT2D eigenvalue weighted by atomic mass is 35.5. The van der Waals surface area contributed by atoms with Crippen molar-refractivity contribution >= 4 is 23.4 Å². The van der Waals surface area contributed by atoms with E-state index < -0.39 is 0 Å². The minimum atomic E-state index is -0.199. The quantitative estimate of drug-likeness (QED) is 0.490. The van der Waals surface area contributed by atoms with Gasteiger partial charge in [0.2, 0.25) is 11.8 Å². The summed E-state index contributed by atoms with van der Waals surface area (Å²) < 4.78 is 0. The number of carbonyl (C=O) groups is 2. The molecule has 6 rings (SSSR count). The number of fused-ring (bicyclic) bond motifs is 5. The summed E-state index contributed by atoms with van der Waals surface area (Å²) >= 11 is 6.17. The Bertz CT molecular complexity index is 1210. The van der Waals surface area contributed by atoms with Crippen LogP contribution in [-0.4, -0.2) is 17.9 Å². The van der Waals surface area contributed by atoms with Crippen LogP contribution in [0.4, 0.5) is 0 Å². The minimum Gasteiger partial charge on any atom is -0.349 e. The maximum atomic E-state index is 14.0. The fraction of sp³-hybridized carbons (Fsp3) is 0.500. The summed E-state index contributed by atoms with van der Waals surface area (Å²) in [5.41, 5.74) is 2.16. The summed E-state index contributed by atoms with van der Waals surface area (Å²) in [6, 6.07) is 18.1. The number of halogens is 1. The highest BCUT2D eigenvalue weighted by molar-refractivity contribution is 6.30. The van der Waals surface area contributed by atoms with Crippen LogP contribution >= 0.6 is 11.6 Å². The SMILES string of the molecule is C[C@]12C=CC(=O)N[C@@H]1CC[C@@H]1[C@@H]2CC[C@]2(C)[C@@H](C(=O)NC(c3ccccc3)c3ccc(Cl)cc3)CC[C@@H]12. The third-order valence-corrected chi connectivity index (χ3v) is 10.9. The molecule has 0 spiro atoms. The van der Waals surface area contributed by atoms with Crippen LogP contribution < -0.4 is 10.6 Å². The number of hydrogen-bond acceptors (Lipinski definition) is 2. The lowest BCUT2D eigenvalue weighted by atomic mass is 9.48. The normalized spacial score (nSPS) is 37.1. The molecule has 194 valence electrons. The van der Waals surface area contributed by atoms with Gasteiger partial charge in [-0.15, -0.1) is 0 Å². The molecule has 0 saturated heterocycles. The van der Waals surface area contributed by atoms with E-state index in [2.05, 4.69) is 42.7 Å². The van der Waals surface area contributed by atoms with Crippen LogP contribution in [0.3, 0.4) is 0 Å².